The van der Waals surface area contributed by atoms with E-state index in [4.69, 9.17) is 4.99 Å². The van der Waals surface area contributed by atoms with Crippen LogP contribution in [0.25, 0.3) is 11.3 Å². The topological polar surface area (TPSA) is 60.4 Å². The van der Waals surface area contributed by atoms with Crippen molar-refractivity contribution < 1.29 is 4.92 Å². The van der Waals surface area contributed by atoms with Gasteiger partial charge in [0.15, 0.2) is 4.80 Å². The van der Waals surface area contributed by atoms with Gasteiger partial charge in [-0.1, -0.05) is 74.5 Å². The maximum absolute atomic E-state index is 11.4. The largest absolute Gasteiger partial charge is 0.309 e. The van der Waals surface area contributed by atoms with Gasteiger partial charge in [0, 0.05) is 23.1 Å². The van der Waals surface area contributed by atoms with Crippen LogP contribution in [-0.4, -0.2) is 9.49 Å². The second-order valence-electron chi connectivity index (χ2n) is 7.99. The van der Waals surface area contributed by atoms with Crippen LogP contribution in [0.2, 0.25) is 0 Å². The van der Waals surface area contributed by atoms with Gasteiger partial charge in [-0.2, -0.15) is 0 Å². The van der Waals surface area contributed by atoms with Crippen molar-refractivity contribution in [1.82, 2.24) is 4.57 Å². The summed E-state index contributed by atoms with van der Waals surface area (Å²) < 4.78 is 2.18. The summed E-state index contributed by atoms with van der Waals surface area (Å²) in [6, 6.07) is 25.2. The van der Waals surface area contributed by atoms with Gasteiger partial charge in [0.2, 0.25) is 0 Å². The fourth-order valence-corrected chi connectivity index (χ4v) is 4.81. The van der Waals surface area contributed by atoms with Gasteiger partial charge in [-0.25, -0.2) is 4.99 Å². The quantitative estimate of drug-likeness (QED) is 0.236. The van der Waals surface area contributed by atoms with Crippen LogP contribution in [0.5, 0.6) is 0 Å². The monoisotopic (exact) mass is 443 g/mol. The highest BCUT2D eigenvalue weighted by Gasteiger charge is 2.18. The van der Waals surface area contributed by atoms with Crippen molar-refractivity contribution in [2.45, 2.75) is 32.7 Å². The Morgan fingerprint density at radius 1 is 0.938 bits per heavy atom. The lowest BCUT2D eigenvalue weighted by atomic mass is 10.0. The summed E-state index contributed by atoms with van der Waals surface area (Å²) in [6.07, 6.45) is 0. The van der Waals surface area contributed by atoms with Crippen molar-refractivity contribution in [3.63, 3.8) is 0 Å². The second-order valence-corrected chi connectivity index (χ2v) is 8.83. The van der Waals surface area contributed by atoms with Crippen LogP contribution in [0, 0.1) is 10.1 Å². The smallest absolute Gasteiger partial charge is 0.270 e. The Kier molecular flexibility index (Phi) is 6.32. The van der Waals surface area contributed by atoms with Gasteiger partial charge >= 0.3 is 0 Å². The molecule has 1 aromatic heterocycles. The Hall–Kier alpha value is -3.51. The Morgan fingerprint density at radius 2 is 1.66 bits per heavy atom. The molecule has 32 heavy (non-hydrogen) atoms. The number of aromatic nitrogens is 1. The van der Waals surface area contributed by atoms with Crippen LogP contribution in [-0.2, 0) is 0 Å². The summed E-state index contributed by atoms with van der Waals surface area (Å²) >= 11 is 1.55. The zero-order chi connectivity index (χ0) is 22.7. The van der Waals surface area contributed by atoms with Crippen molar-refractivity contribution in [3.05, 3.63) is 110 Å². The number of nitro benzene ring substituents is 1. The highest BCUT2D eigenvalue weighted by atomic mass is 32.1. The first-order valence-corrected chi connectivity index (χ1v) is 11.5. The Balaban J connectivity index is 1.95. The lowest BCUT2D eigenvalue weighted by molar-refractivity contribution is -0.384. The molecule has 5 nitrogen and oxygen atoms in total. The van der Waals surface area contributed by atoms with E-state index < -0.39 is 0 Å². The molecule has 0 saturated heterocycles. The van der Waals surface area contributed by atoms with E-state index in [0.29, 0.717) is 5.92 Å². The highest BCUT2D eigenvalue weighted by molar-refractivity contribution is 7.07. The molecule has 6 heteroatoms. The molecule has 0 amide bonds. The van der Waals surface area contributed by atoms with Crippen LogP contribution in [0.3, 0.4) is 0 Å². The molecule has 1 unspecified atom stereocenters. The van der Waals surface area contributed by atoms with Gasteiger partial charge in [-0.05, 0) is 30.0 Å². The average molecular weight is 444 g/mol. The maximum Gasteiger partial charge on any atom is 0.270 e. The highest BCUT2D eigenvalue weighted by Crippen LogP contribution is 2.30. The molecular weight excluding hydrogens is 418 g/mol. The van der Waals surface area contributed by atoms with Crippen LogP contribution < -0.4 is 4.80 Å². The van der Waals surface area contributed by atoms with Crippen LogP contribution in [0.15, 0.2) is 89.2 Å². The van der Waals surface area contributed by atoms with E-state index in [1.54, 1.807) is 23.5 Å². The number of thiazole rings is 1. The molecule has 4 rings (SSSR count). The first-order chi connectivity index (χ1) is 15.5. The molecule has 1 atom stereocenters. The zero-order valence-corrected chi connectivity index (χ0v) is 19.1. The Morgan fingerprint density at radius 3 is 2.38 bits per heavy atom. The van der Waals surface area contributed by atoms with Gasteiger partial charge < -0.3 is 4.57 Å². The molecule has 0 saturated carbocycles. The minimum atomic E-state index is -0.356. The van der Waals surface area contributed by atoms with E-state index in [1.807, 2.05) is 47.8 Å². The Labute approximate surface area is 191 Å². The predicted octanol–water partition coefficient (Wildman–Crippen LogP) is 7.09. The number of hydrogen-bond acceptors (Lipinski definition) is 4. The molecule has 0 spiro atoms. The molecule has 3 aromatic carbocycles. The van der Waals surface area contributed by atoms with Crippen LogP contribution in [0.4, 0.5) is 11.4 Å². The third kappa shape index (κ3) is 4.41. The van der Waals surface area contributed by atoms with Crippen molar-refractivity contribution in [3.8, 4) is 11.3 Å². The molecule has 0 aliphatic carbocycles. The number of hydrogen-bond donors (Lipinski definition) is 0. The predicted molar refractivity (Wildman–Crippen MR) is 130 cm³/mol. The standard InChI is InChI=1S/C26H25N3O2S/c1-18(2)23-14-7-8-15-24(23)27-26-28(19(3)20-10-5-4-6-11-20)25(17-32-26)21-12-9-13-22(16-21)29(30)31/h4-19H,1-3H3. The van der Waals surface area contributed by atoms with E-state index in [1.165, 1.54) is 11.6 Å². The molecule has 4 aromatic rings. The first kappa shape index (κ1) is 21.7. The maximum atomic E-state index is 11.4. The summed E-state index contributed by atoms with van der Waals surface area (Å²) in [4.78, 5) is 16.9. The summed E-state index contributed by atoms with van der Waals surface area (Å²) in [5.74, 6) is 0.353. The minimum absolute atomic E-state index is 0.00155. The second kappa shape index (κ2) is 9.32. The van der Waals surface area contributed by atoms with Gasteiger partial charge in [0.25, 0.3) is 5.69 Å². The van der Waals surface area contributed by atoms with E-state index in [-0.39, 0.29) is 16.7 Å². The van der Waals surface area contributed by atoms with E-state index >= 15 is 0 Å². The van der Waals surface area contributed by atoms with Gasteiger partial charge in [-0.3, -0.25) is 10.1 Å². The third-order valence-electron chi connectivity index (χ3n) is 5.54. The molecule has 1 heterocycles. The molecule has 0 radical (unpaired) electrons. The fourth-order valence-electron chi connectivity index (χ4n) is 3.83. The SMILES string of the molecule is CC(C)c1ccccc1N=c1scc(-c2cccc([N+](=O)[O-])c2)n1C(C)c1ccccc1. The van der Waals surface area contributed by atoms with E-state index in [2.05, 4.69) is 43.5 Å². The van der Waals surface area contributed by atoms with E-state index in [9.17, 15) is 10.1 Å². The number of non-ortho nitro benzene ring substituents is 1. The minimum Gasteiger partial charge on any atom is -0.309 e. The number of rotatable bonds is 6. The molecule has 0 bridgehead atoms. The Bertz CT molecular complexity index is 1310. The molecular formula is C26H25N3O2S. The van der Waals surface area contributed by atoms with Gasteiger partial charge in [0.05, 0.1) is 22.3 Å². The molecule has 0 aliphatic rings. The van der Waals surface area contributed by atoms with Gasteiger partial charge in [0.1, 0.15) is 0 Å². The lowest BCUT2D eigenvalue weighted by Crippen LogP contribution is -2.21. The number of benzene rings is 3. The summed E-state index contributed by atoms with van der Waals surface area (Å²) in [5.41, 5.74) is 5.08. The number of nitrogens with zero attached hydrogens (tertiary/aromatic N) is 3. The summed E-state index contributed by atoms with van der Waals surface area (Å²) in [7, 11) is 0. The van der Waals surface area contributed by atoms with Crippen molar-refractivity contribution >= 4 is 22.7 Å². The van der Waals surface area contributed by atoms with Crippen molar-refractivity contribution in [2.75, 3.05) is 0 Å². The number of para-hydroxylation sites is 1. The molecule has 0 aliphatic heterocycles. The van der Waals surface area contributed by atoms with Crippen molar-refractivity contribution in [2.24, 2.45) is 4.99 Å². The lowest BCUT2D eigenvalue weighted by Gasteiger charge is -2.18. The molecule has 0 fully saturated rings. The van der Waals surface area contributed by atoms with Crippen molar-refractivity contribution in [1.29, 1.82) is 0 Å². The third-order valence-corrected chi connectivity index (χ3v) is 6.38. The van der Waals surface area contributed by atoms with Gasteiger partial charge in [-0.15, -0.1) is 11.3 Å². The number of nitro groups is 1. The van der Waals surface area contributed by atoms with Crippen LogP contribution >= 0.6 is 11.3 Å². The van der Waals surface area contributed by atoms with Crippen LogP contribution in [0.1, 0.15) is 43.9 Å². The molecule has 162 valence electrons. The van der Waals surface area contributed by atoms with E-state index in [0.717, 1.165) is 27.3 Å². The first-order valence-electron chi connectivity index (χ1n) is 10.6. The molecule has 0 N–H and O–H groups in total. The normalized spacial score (nSPS) is 12.8. The average Bonchev–Trinajstić information content (AvgIpc) is 3.23. The zero-order valence-electron chi connectivity index (χ0n) is 18.3. The summed E-state index contributed by atoms with van der Waals surface area (Å²) in [6.45, 7) is 6.46. The fraction of sp³-hybridized carbons (Fsp3) is 0.192. The summed E-state index contributed by atoms with van der Waals surface area (Å²) in [5, 5.41) is 13.4.